The summed E-state index contributed by atoms with van der Waals surface area (Å²) in [5.41, 5.74) is 8.02. The highest BCUT2D eigenvalue weighted by Crippen LogP contribution is 2.24. The van der Waals surface area contributed by atoms with Gasteiger partial charge in [0.05, 0.1) is 23.6 Å². The van der Waals surface area contributed by atoms with Gasteiger partial charge in [-0.2, -0.15) is 5.26 Å². The molecular weight excluding hydrogens is 186 g/mol. The fourth-order valence-electron chi connectivity index (χ4n) is 1.37. The number of aromatic nitrogens is 1. The van der Waals surface area contributed by atoms with Crippen LogP contribution in [0.2, 0.25) is 0 Å². The second-order valence-electron chi connectivity index (χ2n) is 3.05. The molecule has 2 N–H and O–H groups in total. The van der Waals surface area contributed by atoms with Gasteiger partial charge in [0.15, 0.2) is 0 Å². The van der Waals surface area contributed by atoms with Crippen molar-refractivity contribution in [3.63, 3.8) is 0 Å². The normalized spacial score (nSPS) is 9.53. The van der Waals surface area contributed by atoms with E-state index >= 15 is 0 Å². The molecule has 3 nitrogen and oxygen atoms in total. The van der Waals surface area contributed by atoms with Crippen LogP contribution in [-0.4, -0.2) is 4.98 Å². The van der Waals surface area contributed by atoms with Crippen molar-refractivity contribution in [2.24, 2.45) is 0 Å². The highest BCUT2D eigenvalue weighted by molar-refractivity contribution is 5.74. The number of anilines is 1. The van der Waals surface area contributed by atoms with Crippen LogP contribution in [-0.2, 0) is 0 Å². The molecule has 3 heteroatoms. The molecule has 1 heterocycles. The van der Waals surface area contributed by atoms with Crippen LogP contribution in [0.25, 0.3) is 11.1 Å². The van der Waals surface area contributed by atoms with Crippen molar-refractivity contribution in [3.8, 4) is 17.2 Å². The summed E-state index contributed by atoms with van der Waals surface area (Å²) in [5, 5.41) is 8.98. The first-order valence-electron chi connectivity index (χ1n) is 4.44. The van der Waals surface area contributed by atoms with Crippen LogP contribution in [0.5, 0.6) is 0 Å². The molecule has 0 amide bonds. The highest BCUT2D eigenvalue weighted by Gasteiger charge is 2.08. The fraction of sp³-hybridized carbons (Fsp3) is 0. The summed E-state index contributed by atoms with van der Waals surface area (Å²) in [4.78, 5) is 3.87. The Morgan fingerprint density at radius 1 is 1.27 bits per heavy atom. The minimum atomic E-state index is 0.384. The van der Waals surface area contributed by atoms with Crippen molar-refractivity contribution in [3.05, 3.63) is 48.3 Å². The number of nitrogen functional groups attached to an aromatic ring is 1. The van der Waals surface area contributed by atoms with E-state index in [0.29, 0.717) is 16.8 Å². The summed E-state index contributed by atoms with van der Waals surface area (Å²) in [5.74, 6) is 0. The molecule has 0 saturated carbocycles. The van der Waals surface area contributed by atoms with E-state index in [2.05, 4.69) is 17.3 Å². The predicted octanol–water partition coefficient (Wildman–Crippen LogP) is 2.00. The standard InChI is InChI=1S/C12H8N3/c13-6-10-11(7-15-8-12(10)14)9-4-2-1-3-5-9/h1-5,8H,14H2. The van der Waals surface area contributed by atoms with Crippen molar-refractivity contribution in [2.75, 3.05) is 5.73 Å². The molecule has 71 valence electrons. The van der Waals surface area contributed by atoms with Gasteiger partial charge in [-0.25, -0.2) is 0 Å². The number of nitriles is 1. The number of rotatable bonds is 1. The molecule has 0 bridgehead atoms. The molecule has 0 atom stereocenters. The Morgan fingerprint density at radius 2 is 2.00 bits per heavy atom. The minimum Gasteiger partial charge on any atom is -0.396 e. The summed E-state index contributed by atoms with van der Waals surface area (Å²) in [6.07, 6.45) is 4.23. The molecule has 1 radical (unpaired) electrons. The lowest BCUT2D eigenvalue weighted by molar-refractivity contribution is 1.30. The van der Waals surface area contributed by atoms with E-state index in [9.17, 15) is 0 Å². The second-order valence-corrected chi connectivity index (χ2v) is 3.05. The summed E-state index contributed by atoms with van der Waals surface area (Å²) in [6, 6.07) is 11.6. The molecule has 1 aromatic heterocycles. The Bertz CT molecular complexity index is 512. The smallest absolute Gasteiger partial charge is 0.102 e. The molecule has 0 aliphatic carbocycles. The van der Waals surface area contributed by atoms with E-state index in [1.807, 2.05) is 30.3 Å². The first-order valence-corrected chi connectivity index (χ1v) is 4.44. The van der Waals surface area contributed by atoms with Gasteiger partial charge in [-0.05, 0) is 5.56 Å². The van der Waals surface area contributed by atoms with Crippen molar-refractivity contribution >= 4 is 5.69 Å². The van der Waals surface area contributed by atoms with E-state index in [1.54, 1.807) is 0 Å². The second kappa shape index (κ2) is 3.81. The summed E-state index contributed by atoms with van der Waals surface area (Å²) < 4.78 is 0. The third-order valence-electron chi connectivity index (χ3n) is 2.09. The lowest BCUT2D eigenvalue weighted by Crippen LogP contribution is -1.95. The van der Waals surface area contributed by atoms with Crippen LogP contribution in [0, 0.1) is 17.5 Å². The maximum atomic E-state index is 8.98. The number of hydrogen-bond acceptors (Lipinski definition) is 3. The Hall–Kier alpha value is -2.34. The molecule has 15 heavy (non-hydrogen) atoms. The van der Waals surface area contributed by atoms with Crippen LogP contribution in [0.1, 0.15) is 5.56 Å². The van der Waals surface area contributed by atoms with Crippen molar-refractivity contribution in [2.45, 2.75) is 0 Å². The Morgan fingerprint density at radius 3 is 2.67 bits per heavy atom. The van der Waals surface area contributed by atoms with Gasteiger partial charge in [-0.15, -0.1) is 0 Å². The van der Waals surface area contributed by atoms with Crippen LogP contribution in [0.3, 0.4) is 0 Å². The quantitative estimate of drug-likeness (QED) is 0.755. The van der Waals surface area contributed by atoms with Crippen molar-refractivity contribution in [1.82, 2.24) is 4.98 Å². The van der Waals surface area contributed by atoms with Gasteiger partial charge < -0.3 is 5.73 Å². The van der Waals surface area contributed by atoms with E-state index < -0.39 is 0 Å². The van der Waals surface area contributed by atoms with Gasteiger partial charge in [0, 0.05) is 5.56 Å². The predicted molar refractivity (Wildman–Crippen MR) is 57.6 cm³/mol. The highest BCUT2D eigenvalue weighted by atomic mass is 14.7. The molecule has 1 aromatic carbocycles. The zero-order chi connectivity index (χ0) is 10.7. The third kappa shape index (κ3) is 1.65. The fourth-order valence-corrected chi connectivity index (χ4v) is 1.37. The summed E-state index contributed by atoms with van der Waals surface area (Å²) >= 11 is 0. The van der Waals surface area contributed by atoms with E-state index in [1.165, 1.54) is 6.20 Å². The molecule has 0 spiro atoms. The van der Waals surface area contributed by atoms with Crippen LogP contribution >= 0.6 is 0 Å². The molecule has 0 unspecified atom stereocenters. The summed E-state index contributed by atoms with van der Waals surface area (Å²) in [6.45, 7) is 0. The van der Waals surface area contributed by atoms with Crippen molar-refractivity contribution < 1.29 is 0 Å². The zero-order valence-electron chi connectivity index (χ0n) is 7.94. The molecule has 0 fully saturated rings. The van der Waals surface area contributed by atoms with Gasteiger partial charge in [-0.1, -0.05) is 30.3 Å². The molecule has 2 aromatic rings. The summed E-state index contributed by atoms with van der Waals surface area (Å²) in [7, 11) is 0. The van der Waals surface area contributed by atoms with E-state index in [-0.39, 0.29) is 0 Å². The Labute approximate surface area is 87.8 Å². The molecular formula is C12H8N3. The number of benzene rings is 1. The third-order valence-corrected chi connectivity index (χ3v) is 2.09. The Kier molecular flexibility index (Phi) is 2.34. The monoisotopic (exact) mass is 194 g/mol. The number of hydrogen-bond donors (Lipinski definition) is 1. The van der Waals surface area contributed by atoms with Gasteiger partial charge in [-0.3, -0.25) is 4.98 Å². The SMILES string of the molecule is N#Cc1c(-c2ccccc2)[c]ncc1N. The lowest BCUT2D eigenvalue weighted by Gasteiger charge is -2.04. The topological polar surface area (TPSA) is 62.7 Å². The van der Waals surface area contributed by atoms with E-state index in [0.717, 1.165) is 5.56 Å². The number of nitrogens with zero attached hydrogens (tertiary/aromatic N) is 2. The van der Waals surface area contributed by atoms with Gasteiger partial charge >= 0.3 is 0 Å². The average molecular weight is 194 g/mol. The number of pyridine rings is 1. The molecule has 0 aliphatic heterocycles. The maximum absolute atomic E-state index is 8.98. The first-order chi connectivity index (χ1) is 7.33. The van der Waals surface area contributed by atoms with Gasteiger partial charge in [0.25, 0.3) is 0 Å². The minimum absolute atomic E-state index is 0.384. The lowest BCUT2D eigenvalue weighted by atomic mass is 10.0. The first kappa shape index (κ1) is 9.22. The Balaban J connectivity index is 2.65. The van der Waals surface area contributed by atoms with Crippen molar-refractivity contribution in [1.29, 1.82) is 5.26 Å². The van der Waals surface area contributed by atoms with Crippen LogP contribution in [0.15, 0.2) is 36.5 Å². The molecule has 2 rings (SSSR count). The van der Waals surface area contributed by atoms with Gasteiger partial charge in [0.1, 0.15) is 6.07 Å². The zero-order valence-corrected chi connectivity index (χ0v) is 7.94. The van der Waals surface area contributed by atoms with E-state index in [4.69, 9.17) is 11.0 Å². The molecule has 0 saturated heterocycles. The van der Waals surface area contributed by atoms with Crippen LogP contribution < -0.4 is 5.73 Å². The molecule has 0 aliphatic rings. The number of nitrogens with two attached hydrogens (primary N) is 1. The van der Waals surface area contributed by atoms with Gasteiger partial charge in [0.2, 0.25) is 0 Å². The van der Waals surface area contributed by atoms with Crippen LogP contribution in [0.4, 0.5) is 5.69 Å². The average Bonchev–Trinajstić information content (AvgIpc) is 2.30. The largest absolute Gasteiger partial charge is 0.396 e. The maximum Gasteiger partial charge on any atom is 0.102 e.